The van der Waals surface area contributed by atoms with E-state index in [1.165, 1.54) is 11.3 Å². The molecule has 0 fully saturated rings. The highest BCUT2D eigenvalue weighted by Crippen LogP contribution is 2.33. The summed E-state index contributed by atoms with van der Waals surface area (Å²) in [4.78, 5) is 31.7. The predicted octanol–water partition coefficient (Wildman–Crippen LogP) is 4.27. The van der Waals surface area contributed by atoms with E-state index in [2.05, 4.69) is 20.9 Å². The van der Waals surface area contributed by atoms with Crippen LogP contribution < -0.4 is 19.6 Å². The number of hydrogen-bond acceptors (Lipinski definition) is 7. The van der Waals surface area contributed by atoms with Gasteiger partial charge in [-0.05, 0) is 84.8 Å². The maximum absolute atomic E-state index is 13.7. The molecule has 0 unspecified atom stereocenters. The van der Waals surface area contributed by atoms with Crippen molar-refractivity contribution in [1.29, 1.82) is 0 Å². The van der Waals surface area contributed by atoms with Crippen molar-refractivity contribution >= 4 is 61.9 Å². The lowest BCUT2D eigenvalue weighted by Crippen LogP contribution is -2.39. The second-order valence-electron chi connectivity index (χ2n) is 7.64. The van der Waals surface area contributed by atoms with Gasteiger partial charge in [-0.1, -0.05) is 39.4 Å². The van der Waals surface area contributed by atoms with Gasteiger partial charge >= 0.3 is 5.97 Å². The number of rotatable bonds is 6. The van der Waals surface area contributed by atoms with Crippen molar-refractivity contribution in [2.75, 3.05) is 13.2 Å². The summed E-state index contributed by atoms with van der Waals surface area (Å²) in [6.45, 7) is 5.95. The van der Waals surface area contributed by atoms with Gasteiger partial charge in [0.15, 0.2) is 16.3 Å². The average molecular weight is 669 g/mol. The number of phenolic OH excluding ortho intramolecular Hbond substituents is 1. The molecular weight excluding hydrogens is 647 g/mol. The van der Waals surface area contributed by atoms with Crippen LogP contribution in [-0.4, -0.2) is 28.9 Å². The molecule has 1 aliphatic heterocycles. The van der Waals surface area contributed by atoms with Crippen molar-refractivity contribution < 1.29 is 19.4 Å². The van der Waals surface area contributed by atoms with E-state index in [-0.39, 0.29) is 17.9 Å². The zero-order chi connectivity index (χ0) is 25.3. The molecule has 1 N–H and O–H groups in total. The summed E-state index contributed by atoms with van der Waals surface area (Å²) >= 11 is 6.72. The van der Waals surface area contributed by atoms with Crippen LogP contribution in [-0.2, 0) is 9.53 Å². The van der Waals surface area contributed by atoms with Gasteiger partial charge in [0, 0.05) is 4.47 Å². The van der Waals surface area contributed by atoms with Crippen LogP contribution in [0, 0.1) is 3.57 Å². The van der Waals surface area contributed by atoms with Gasteiger partial charge in [0.05, 0.1) is 38.6 Å². The Morgan fingerprint density at radius 3 is 2.63 bits per heavy atom. The van der Waals surface area contributed by atoms with Gasteiger partial charge in [-0.2, -0.15) is 0 Å². The van der Waals surface area contributed by atoms with E-state index >= 15 is 0 Å². The molecule has 182 valence electrons. The fraction of sp³-hybridized carbons (Fsp3) is 0.240. The third-order valence-electron chi connectivity index (χ3n) is 5.35. The van der Waals surface area contributed by atoms with Crippen molar-refractivity contribution in [2.45, 2.75) is 26.8 Å². The molecule has 0 saturated heterocycles. The Bertz CT molecular complexity index is 1510. The van der Waals surface area contributed by atoms with Crippen LogP contribution in [0.1, 0.15) is 37.9 Å². The van der Waals surface area contributed by atoms with Gasteiger partial charge < -0.3 is 14.6 Å². The molecule has 7 nitrogen and oxygen atoms in total. The first kappa shape index (κ1) is 25.6. The first-order chi connectivity index (χ1) is 16.7. The molecule has 0 aliphatic carbocycles. The molecule has 35 heavy (non-hydrogen) atoms. The summed E-state index contributed by atoms with van der Waals surface area (Å²) in [5.41, 5.74) is 2.07. The second-order valence-corrected chi connectivity index (χ2v) is 10.7. The number of fused-ring (bicyclic) bond motifs is 1. The predicted molar refractivity (Wildman–Crippen MR) is 147 cm³/mol. The first-order valence-corrected chi connectivity index (χ1v) is 13.5. The highest BCUT2D eigenvalue weighted by atomic mass is 127. The third-order valence-corrected chi connectivity index (χ3v) is 7.69. The van der Waals surface area contributed by atoms with Crippen LogP contribution in [0.4, 0.5) is 0 Å². The number of esters is 1. The molecule has 3 aromatic rings. The molecule has 1 aromatic heterocycles. The zero-order valence-corrected chi connectivity index (χ0v) is 23.7. The van der Waals surface area contributed by atoms with E-state index in [4.69, 9.17) is 9.47 Å². The second kappa shape index (κ2) is 10.7. The number of phenols is 1. The molecular formula is C25H22BrIN2O5S. The minimum atomic E-state index is -0.667. The average Bonchev–Trinajstić information content (AvgIpc) is 3.11. The molecule has 10 heteroatoms. The van der Waals surface area contributed by atoms with E-state index in [1.54, 1.807) is 36.6 Å². The molecule has 0 bridgehead atoms. The third kappa shape index (κ3) is 5.10. The Labute approximate surface area is 227 Å². The lowest BCUT2D eigenvalue weighted by Gasteiger charge is -2.24. The van der Waals surface area contributed by atoms with Crippen LogP contribution in [0.15, 0.2) is 61.9 Å². The largest absolute Gasteiger partial charge is 0.504 e. The van der Waals surface area contributed by atoms with Gasteiger partial charge in [-0.15, -0.1) is 0 Å². The SMILES string of the molecule is CCOC(=O)C1=C(C)N=c2s/c(=C\c3cc(I)c(O)c(OCC)c3)c(=O)n2[C@@H]1c1ccc(Br)cc1. The highest BCUT2D eigenvalue weighted by molar-refractivity contribution is 14.1. The Morgan fingerprint density at radius 1 is 1.26 bits per heavy atom. The molecule has 1 atom stereocenters. The molecule has 0 spiro atoms. The number of halogens is 2. The minimum Gasteiger partial charge on any atom is -0.504 e. The number of carbonyl (C=O) groups excluding carboxylic acids is 1. The van der Waals surface area contributed by atoms with Crippen molar-refractivity contribution in [1.82, 2.24) is 4.57 Å². The first-order valence-electron chi connectivity index (χ1n) is 10.9. The van der Waals surface area contributed by atoms with Crippen LogP contribution in [0.2, 0.25) is 0 Å². The normalized spacial score (nSPS) is 15.6. The van der Waals surface area contributed by atoms with Crippen LogP contribution in [0.3, 0.4) is 0 Å². The van der Waals surface area contributed by atoms with Gasteiger partial charge in [0.1, 0.15) is 0 Å². The quantitative estimate of drug-likeness (QED) is 0.313. The van der Waals surface area contributed by atoms with Gasteiger partial charge in [-0.25, -0.2) is 9.79 Å². The van der Waals surface area contributed by atoms with E-state index in [0.29, 0.717) is 42.1 Å². The molecule has 4 rings (SSSR count). The highest BCUT2D eigenvalue weighted by Gasteiger charge is 2.33. The maximum atomic E-state index is 13.7. The number of allylic oxidation sites excluding steroid dienone is 1. The Balaban J connectivity index is 1.93. The van der Waals surface area contributed by atoms with Gasteiger partial charge in [0.2, 0.25) is 0 Å². The van der Waals surface area contributed by atoms with E-state index in [0.717, 1.165) is 10.0 Å². The van der Waals surface area contributed by atoms with Gasteiger partial charge in [-0.3, -0.25) is 9.36 Å². The smallest absolute Gasteiger partial charge is 0.338 e. The maximum Gasteiger partial charge on any atom is 0.338 e. The monoisotopic (exact) mass is 668 g/mol. The van der Waals surface area contributed by atoms with E-state index in [1.807, 2.05) is 53.8 Å². The summed E-state index contributed by atoms with van der Waals surface area (Å²) in [5, 5.41) is 10.3. The zero-order valence-electron chi connectivity index (χ0n) is 19.2. The summed E-state index contributed by atoms with van der Waals surface area (Å²) in [7, 11) is 0. The van der Waals surface area contributed by atoms with E-state index in [9.17, 15) is 14.7 Å². The molecule has 0 amide bonds. The number of hydrogen-bond donors (Lipinski definition) is 1. The van der Waals surface area contributed by atoms with Crippen molar-refractivity contribution in [3.8, 4) is 11.5 Å². The van der Waals surface area contributed by atoms with E-state index < -0.39 is 12.0 Å². The standard InChI is InChI=1S/C25H22BrIN2O5S/c1-4-33-18-11-14(10-17(27)22(18)30)12-19-23(31)29-21(15-6-8-16(26)9-7-15)20(24(32)34-5-2)13(3)28-25(29)35-19/h6-12,21,30H,4-5H2,1-3H3/b19-12-/t21-/m1/s1. The number of thiazole rings is 1. The van der Waals surface area contributed by atoms with Crippen LogP contribution in [0.25, 0.3) is 6.08 Å². The molecule has 1 aliphatic rings. The number of carbonyl (C=O) groups is 1. The molecule has 0 radical (unpaired) electrons. The molecule has 2 heterocycles. The topological polar surface area (TPSA) is 90.1 Å². The number of aromatic nitrogens is 1. The van der Waals surface area contributed by atoms with Crippen LogP contribution >= 0.6 is 49.9 Å². The number of ether oxygens (including phenoxy) is 2. The van der Waals surface area contributed by atoms with Crippen molar-refractivity contribution in [2.24, 2.45) is 4.99 Å². The lowest BCUT2D eigenvalue weighted by molar-refractivity contribution is -0.139. The number of aromatic hydroxyl groups is 1. The minimum absolute atomic E-state index is 0.0657. The lowest BCUT2D eigenvalue weighted by atomic mass is 9.96. The summed E-state index contributed by atoms with van der Waals surface area (Å²) in [6.07, 6.45) is 1.75. The number of benzene rings is 2. The fourth-order valence-corrected chi connectivity index (χ4v) is 5.78. The Kier molecular flexibility index (Phi) is 7.82. The summed E-state index contributed by atoms with van der Waals surface area (Å²) in [6, 6.07) is 10.3. The summed E-state index contributed by atoms with van der Waals surface area (Å²) in [5.74, 6) is -0.0759. The van der Waals surface area contributed by atoms with Crippen LogP contribution in [0.5, 0.6) is 11.5 Å². The van der Waals surface area contributed by atoms with Gasteiger partial charge in [0.25, 0.3) is 5.56 Å². The fourth-order valence-electron chi connectivity index (χ4n) is 3.85. The Hall–Kier alpha value is -2.44. The van der Waals surface area contributed by atoms with Crippen molar-refractivity contribution in [3.63, 3.8) is 0 Å². The van der Waals surface area contributed by atoms with Crippen molar-refractivity contribution in [3.05, 3.63) is 86.5 Å². The summed E-state index contributed by atoms with van der Waals surface area (Å²) < 4.78 is 14.4. The number of nitrogens with zero attached hydrogens (tertiary/aromatic N) is 2. The molecule has 2 aromatic carbocycles. The molecule has 0 saturated carbocycles. The Morgan fingerprint density at radius 2 is 1.97 bits per heavy atom.